The maximum absolute atomic E-state index is 12.2. The van der Waals surface area contributed by atoms with Crippen LogP contribution in [0.15, 0.2) is 0 Å². The van der Waals surface area contributed by atoms with Gasteiger partial charge >= 0.3 is 23.1 Å². The SMILES string of the molecule is O=C1NC(=O)C2(CNCCNCCCNCCNC2)C(=O)N1.[Cu+].[N-]=C=S. The van der Waals surface area contributed by atoms with Crippen LogP contribution in [0.25, 0.3) is 5.41 Å². The minimum atomic E-state index is -1.31. The molecule has 150 valence electrons. The van der Waals surface area contributed by atoms with Crippen LogP contribution in [0.5, 0.6) is 0 Å². The Balaban J connectivity index is 0.00000146. The fourth-order valence-electron chi connectivity index (χ4n) is 2.51. The fourth-order valence-corrected chi connectivity index (χ4v) is 2.51. The molecule has 0 atom stereocenters. The van der Waals surface area contributed by atoms with Crippen LogP contribution in [0.3, 0.4) is 0 Å². The normalized spacial score (nSPS) is 21.6. The first-order valence-electron chi connectivity index (χ1n) is 8.08. The van der Waals surface area contributed by atoms with E-state index >= 15 is 0 Å². The Hall–Kier alpha value is -1.23. The van der Waals surface area contributed by atoms with Crippen LogP contribution in [0.1, 0.15) is 6.42 Å². The summed E-state index contributed by atoms with van der Waals surface area (Å²) in [6, 6.07) is -0.761. The quantitative estimate of drug-likeness (QED) is 0.109. The predicted octanol–water partition coefficient (Wildman–Crippen LogP) is -2.24. The van der Waals surface area contributed by atoms with E-state index in [1.54, 1.807) is 0 Å². The zero-order valence-electron chi connectivity index (χ0n) is 14.2. The largest absolute Gasteiger partial charge is 1.00 e. The molecule has 4 amide bonds. The van der Waals surface area contributed by atoms with Gasteiger partial charge in [0.25, 0.3) is 0 Å². The molecular weight excluding hydrogens is 410 g/mol. The smallest absolute Gasteiger partial charge is 0.753 e. The molecule has 2 heterocycles. The first-order valence-corrected chi connectivity index (χ1v) is 8.48. The maximum Gasteiger partial charge on any atom is 1.00 e. The first kappa shape index (κ1) is 24.8. The second-order valence-electron chi connectivity index (χ2n) is 5.62. The van der Waals surface area contributed by atoms with E-state index in [0.29, 0.717) is 13.1 Å². The number of amides is 4. The van der Waals surface area contributed by atoms with Gasteiger partial charge in [-0.2, -0.15) is 5.16 Å². The summed E-state index contributed by atoms with van der Waals surface area (Å²) in [5.41, 5.74) is -1.31. The van der Waals surface area contributed by atoms with Crippen molar-refractivity contribution < 1.29 is 31.5 Å². The molecule has 0 radical (unpaired) electrons. The molecule has 2 fully saturated rings. The van der Waals surface area contributed by atoms with Crippen molar-refractivity contribution in [1.29, 1.82) is 0 Å². The number of nitrogens with zero attached hydrogens (tertiary/aromatic N) is 1. The fraction of sp³-hybridized carbons (Fsp3) is 0.714. The zero-order chi connectivity index (χ0) is 18.5. The number of urea groups is 1. The maximum atomic E-state index is 12.2. The number of rotatable bonds is 0. The second kappa shape index (κ2) is 13.9. The Morgan fingerprint density at radius 3 is 1.62 bits per heavy atom. The predicted molar refractivity (Wildman–Crippen MR) is 96.2 cm³/mol. The molecule has 0 bridgehead atoms. The number of hydrogen-bond acceptors (Lipinski definition) is 8. The number of barbiturate groups is 1. The minimum Gasteiger partial charge on any atom is -0.753 e. The van der Waals surface area contributed by atoms with Crippen LogP contribution in [0.4, 0.5) is 4.79 Å². The van der Waals surface area contributed by atoms with Gasteiger partial charge in [-0.05, 0) is 19.5 Å². The molecule has 10 nitrogen and oxygen atoms in total. The number of hydrogen-bond donors (Lipinski definition) is 6. The van der Waals surface area contributed by atoms with Gasteiger partial charge in [-0.1, -0.05) is 12.2 Å². The van der Waals surface area contributed by atoms with E-state index in [1.165, 1.54) is 5.16 Å². The third kappa shape index (κ3) is 7.98. The molecule has 2 saturated heterocycles. The Kier molecular flexibility index (Phi) is 13.2. The number of imide groups is 2. The summed E-state index contributed by atoms with van der Waals surface area (Å²) in [7, 11) is 0. The first-order chi connectivity index (χ1) is 12.1. The number of thiocarbonyl (C=S) groups is 1. The third-order valence-electron chi connectivity index (χ3n) is 3.84. The molecule has 0 aromatic rings. The molecule has 2 rings (SSSR count). The third-order valence-corrected chi connectivity index (χ3v) is 3.84. The summed E-state index contributed by atoms with van der Waals surface area (Å²) in [5, 5.41) is 25.7. The molecule has 0 aromatic heterocycles. The van der Waals surface area contributed by atoms with E-state index in [-0.39, 0.29) is 30.2 Å². The summed E-state index contributed by atoms with van der Waals surface area (Å²) < 4.78 is 0. The molecule has 1 spiro atoms. The average molecular weight is 434 g/mol. The van der Waals surface area contributed by atoms with E-state index in [4.69, 9.17) is 5.41 Å². The van der Waals surface area contributed by atoms with E-state index in [9.17, 15) is 14.4 Å². The summed E-state index contributed by atoms with van der Waals surface area (Å²) in [5.74, 6) is -1.12. The molecule has 6 N–H and O–H groups in total. The van der Waals surface area contributed by atoms with Gasteiger partial charge in [0.05, 0.1) is 0 Å². The van der Waals surface area contributed by atoms with E-state index in [1.807, 2.05) is 0 Å². The van der Waals surface area contributed by atoms with Crippen molar-refractivity contribution in [2.24, 2.45) is 5.41 Å². The van der Waals surface area contributed by atoms with Crippen LogP contribution in [0.2, 0.25) is 0 Å². The number of nitrogens with one attached hydrogen (secondary N) is 6. The Morgan fingerprint density at radius 1 is 0.808 bits per heavy atom. The number of carbonyl (C=O) groups is 3. The molecular formula is C14H24CuN7O3S. The van der Waals surface area contributed by atoms with Crippen LogP contribution in [-0.4, -0.2) is 75.4 Å². The standard InChI is InChI=1S/C13H24N6O3.CNS.Cu/c20-10-13(11(21)19-12(22)18-10)8-16-6-4-14-2-1-3-15-5-7-17-9-13;2-1-3;/h14-17H,1-9H2,(H2,18,19,20,21,22);;/q;-1;+1. The molecule has 0 aliphatic carbocycles. The van der Waals surface area contributed by atoms with Crippen molar-refractivity contribution in [3.05, 3.63) is 5.41 Å². The number of isothiocyanates is 1. The summed E-state index contributed by atoms with van der Waals surface area (Å²) in [6.45, 7) is 5.00. The molecule has 26 heavy (non-hydrogen) atoms. The summed E-state index contributed by atoms with van der Waals surface area (Å²) >= 11 is 3.70. The van der Waals surface area contributed by atoms with E-state index in [2.05, 4.69) is 44.1 Å². The van der Waals surface area contributed by atoms with Crippen LogP contribution >= 0.6 is 12.2 Å². The molecule has 12 heteroatoms. The molecule has 2 aliphatic heterocycles. The second-order valence-corrected chi connectivity index (χ2v) is 5.80. The molecule has 0 saturated carbocycles. The monoisotopic (exact) mass is 433 g/mol. The Labute approximate surface area is 168 Å². The summed E-state index contributed by atoms with van der Waals surface area (Å²) in [6.07, 6.45) is 1.05. The van der Waals surface area contributed by atoms with Gasteiger partial charge in [-0.3, -0.25) is 20.2 Å². The number of carbonyl (C=O) groups excluding carboxylic acids is 3. The molecule has 2 aliphatic rings. The van der Waals surface area contributed by atoms with Gasteiger partial charge < -0.3 is 26.7 Å². The van der Waals surface area contributed by atoms with Gasteiger partial charge in [-0.25, -0.2) is 4.79 Å². The van der Waals surface area contributed by atoms with Crippen molar-refractivity contribution in [2.45, 2.75) is 6.42 Å². The van der Waals surface area contributed by atoms with Crippen LogP contribution in [-0.2, 0) is 26.7 Å². The topological polar surface area (TPSA) is 146 Å². The van der Waals surface area contributed by atoms with Gasteiger partial charge in [-0.15, -0.1) is 0 Å². The van der Waals surface area contributed by atoms with E-state index < -0.39 is 23.3 Å². The Morgan fingerprint density at radius 2 is 1.19 bits per heavy atom. The summed E-state index contributed by atoms with van der Waals surface area (Å²) in [4.78, 5) is 35.7. The zero-order valence-corrected chi connectivity index (χ0v) is 16.0. The van der Waals surface area contributed by atoms with Crippen LogP contribution < -0.4 is 31.9 Å². The van der Waals surface area contributed by atoms with Crippen molar-refractivity contribution in [2.75, 3.05) is 52.4 Å². The molecule has 0 aromatic carbocycles. The van der Waals surface area contributed by atoms with Gasteiger partial charge in [0.2, 0.25) is 11.8 Å². The van der Waals surface area contributed by atoms with Gasteiger partial charge in [0, 0.05) is 39.3 Å². The van der Waals surface area contributed by atoms with Crippen molar-refractivity contribution in [3.8, 4) is 0 Å². The van der Waals surface area contributed by atoms with Crippen molar-refractivity contribution in [3.63, 3.8) is 0 Å². The van der Waals surface area contributed by atoms with E-state index in [0.717, 1.165) is 32.6 Å². The van der Waals surface area contributed by atoms with Crippen LogP contribution in [0, 0.1) is 5.41 Å². The van der Waals surface area contributed by atoms with Crippen molar-refractivity contribution >= 4 is 35.2 Å². The average Bonchev–Trinajstić information content (AvgIpc) is 2.56. The Bertz CT molecular complexity index is 479. The minimum absolute atomic E-state index is 0. The molecule has 0 unspecified atom stereocenters. The van der Waals surface area contributed by atoms with Gasteiger partial charge in [0.1, 0.15) is 0 Å². The van der Waals surface area contributed by atoms with Crippen molar-refractivity contribution in [1.82, 2.24) is 31.9 Å². The van der Waals surface area contributed by atoms with Gasteiger partial charge in [0.15, 0.2) is 5.41 Å².